The van der Waals surface area contributed by atoms with Gasteiger partial charge in [0, 0.05) is 56.4 Å². The zero-order chi connectivity index (χ0) is 27.6. The fourth-order valence-electron chi connectivity index (χ4n) is 5.41. The van der Waals surface area contributed by atoms with Crippen molar-refractivity contribution in [2.24, 2.45) is 0 Å². The first-order chi connectivity index (χ1) is 19.5. The Morgan fingerprint density at radius 3 is 2.83 bits per heavy atom. The van der Waals surface area contributed by atoms with Gasteiger partial charge in [0.1, 0.15) is 11.6 Å². The second-order valence-electron chi connectivity index (χ2n) is 10.3. The Kier molecular flexibility index (Phi) is 7.29. The molecule has 2 aromatic carbocycles. The van der Waals surface area contributed by atoms with Crippen molar-refractivity contribution >= 4 is 39.9 Å². The Balaban J connectivity index is 1.22. The fraction of sp³-hybridized carbons (Fsp3) is 0.333. The maximum Gasteiger partial charge on any atom is 0.244 e. The van der Waals surface area contributed by atoms with Crippen LogP contribution in [0.5, 0.6) is 0 Å². The van der Waals surface area contributed by atoms with Gasteiger partial charge in [-0.3, -0.25) is 9.69 Å². The highest BCUT2D eigenvalue weighted by atomic mass is 16.5. The topological polar surface area (TPSA) is 109 Å². The van der Waals surface area contributed by atoms with E-state index in [1.165, 1.54) is 6.39 Å². The summed E-state index contributed by atoms with van der Waals surface area (Å²) in [6.07, 6.45) is 6.14. The summed E-state index contributed by atoms with van der Waals surface area (Å²) in [6.45, 7) is 5.92. The minimum atomic E-state index is -0.336. The number of hydrogen-bond acceptors (Lipinski definition) is 9. The number of nitrogens with zero attached hydrogens (tertiary/aromatic N) is 5. The molecule has 0 bridgehead atoms. The van der Waals surface area contributed by atoms with Crippen molar-refractivity contribution in [1.29, 1.82) is 0 Å². The van der Waals surface area contributed by atoms with E-state index in [4.69, 9.17) is 14.1 Å². The molecule has 6 rings (SSSR count). The van der Waals surface area contributed by atoms with Gasteiger partial charge in [0.25, 0.3) is 0 Å². The molecule has 206 valence electrons. The Morgan fingerprint density at radius 1 is 1.15 bits per heavy atom. The van der Waals surface area contributed by atoms with Crippen molar-refractivity contribution in [3.8, 4) is 0 Å². The Hall–Kier alpha value is -4.12. The Morgan fingerprint density at radius 2 is 2.00 bits per heavy atom. The lowest BCUT2D eigenvalue weighted by Gasteiger charge is -2.36. The summed E-state index contributed by atoms with van der Waals surface area (Å²) in [5.74, 6) is 0.457. The monoisotopic (exact) mass is 539 g/mol. The second kappa shape index (κ2) is 11.2. The number of aryl methyl sites for hydroxylation is 1. The molecule has 4 aromatic rings. The zero-order valence-electron chi connectivity index (χ0n) is 23.0. The first kappa shape index (κ1) is 26.1. The lowest BCUT2D eigenvalue weighted by molar-refractivity contribution is -0.124. The molecular weight excluding hydrogens is 506 g/mol. The number of allylic oxidation sites excluding steroid dienone is 1. The van der Waals surface area contributed by atoms with Crippen LogP contribution in [0.4, 0.5) is 17.3 Å². The van der Waals surface area contributed by atoms with Crippen molar-refractivity contribution in [2.45, 2.75) is 19.4 Å². The Labute approximate surface area is 233 Å². The van der Waals surface area contributed by atoms with Crippen LogP contribution in [0.2, 0.25) is 0 Å². The molecule has 0 spiro atoms. The molecule has 2 aliphatic rings. The number of anilines is 3. The number of amides is 1. The van der Waals surface area contributed by atoms with Crippen LogP contribution in [0.25, 0.3) is 16.7 Å². The summed E-state index contributed by atoms with van der Waals surface area (Å²) < 4.78 is 10.8. The van der Waals surface area contributed by atoms with Crippen LogP contribution in [-0.2, 0) is 16.0 Å². The number of hydrogen-bond donors (Lipinski definition) is 2. The molecule has 3 heterocycles. The minimum Gasteiger partial charge on any atom is -0.443 e. The van der Waals surface area contributed by atoms with E-state index in [0.29, 0.717) is 19.0 Å². The second-order valence-corrected chi connectivity index (χ2v) is 10.3. The average molecular weight is 540 g/mol. The normalized spacial score (nSPS) is 16.5. The first-order valence-corrected chi connectivity index (χ1v) is 13.5. The van der Waals surface area contributed by atoms with Gasteiger partial charge in [-0.25, -0.2) is 15.0 Å². The number of oxazole rings is 1. The number of rotatable bonds is 8. The molecule has 1 aliphatic heterocycles. The highest BCUT2D eigenvalue weighted by Crippen LogP contribution is 2.37. The molecule has 0 unspecified atom stereocenters. The standard InChI is InChI=1S/C30H33N7O3/c1-19-16-31-30(33-20-7-10-27-25(15-20)32-18-40-27)35-28(19)23-9-8-22-21(23)5-4-6-24(22)34-29(38)26(17-39-3)37-13-11-36(2)12-14-37/h4-7,9-10,15-16,18,26H,8,11-14,17H2,1-3H3,(H,34,38)(H,31,33,35)/t26-/m1/s1. The van der Waals surface area contributed by atoms with Gasteiger partial charge < -0.3 is 24.7 Å². The van der Waals surface area contributed by atoms with Crippen molar-refractivity contribution in [3.05, 3.63) is 77.4 Å². The lowest BCUT2D eigenvalue weighted by Crippen LogP contribution is -2.54. The van der Waals surface area contributed by atoms with Gasteiger partial charge in [0.05, 0.1) is 12.3 Å². The zero-order valence-corrected chi connectivity index (χ0v) is 23.0. The van der Waals surface area contributed by atoms with Crippen molar-refractivity contribution < 1.29 is 13.9 Å². The van der Waals surface area contributed by atoms with Crippen molar-refractivity contribution in [2.75, 3.05) is 57.6 Å². The van der Waals surface area contributed by atoms with Crippen LogP contribution >= 0.6 is 0 Å². The number of piperazine rings is 1. The van der Waals surface area contributed by atoms with E-state index in [1.807, 2.05) is 43.5 Å². The molecule has 10 heteroatoms. The van der Waals surface area contributed by atoms with Crippen LogP contribution < -0.4 is 10.6 Å². The summed E-state index contributed by atoms with van der Waals surface area (Å²) in [5.41, 5.74) is 8.17. The molecule has 1 amide bonds. The smallest absolute Gasteiger partial charge is 0.244 e. The third-order valence-corrected chi connectivity index (χ3v) is 7.65. The molecule has 2 aromatic heterocycles. The molecule has 0 radical (unpaired) electrons. The van der Waals surface area contributed by atoms with E-state index in [2.05, 4.69) is 49.6 Å². The van der Waals surface area contributed by atoms with Gasteiger partial charge in [0.15, 0.2) is 12.0 Å². The summed E-state index contributed by atoms with van der Waals surface area (Å²) in [7, 11) is 3.75. The van der Waals surface area contributed by atoms with Gasteiger partial charge in [-0.2, -0.15) is 0 Å². The van der Waals surface area contributed by atoms with E-state index in [0.717, 1.165) is 76.6 Å². The third kappa shape index (κ3) is 5.21. The number of carbonyl (C=O) groups excluding carboxylic acids is 1. The highest BCUT2D eigenvalue weighted by molar-refractivity contribution is 5.98. The molecule has 40 heavy (non-hydrogen) atoms. The number of likely N-dealkylation sites (N-methyl/N-ethyl adjacent to an activating group) is 1. The number of aromatic nitrogens is 3. The number of benzene rings is 2. The van der Waals surface area contributed by atoms with Crippen molar-refractivity contribution in [1.82, 2.24) is 24.8 Å². The number of carbonyl (C=O) groups is 1. The van der Waals surface area contributed by atoms with E-state index < -0.39 is 0 Å². The summed E-state index contributed by atoms with van der Waals surface area (Å²) in [4.78, 5) is 31.6. The van der Waals surface area contributed by atoms with Crippen LogP contribution in [0, 0.1) is 6.92 Å². The van der Waals surface area contributed by atoms with Gasteiger partial charge in [-0.05, 0) is 61.3 Å². The van der Waals surface area contributed by atoms with Crippen LogP contribution in [-0.4, -0.2) is 83.6 Å². The summed E-state index contributed by atoms with van der Waals surface area (Å²) in [5, 5.41) is 6.50. The van der Waals surface area contributed by atoms with Crippen molar-refractivity contribution in [3.63, 3.8) is 0 Å². The summed E-state index contributed by atoms with van der Waals surface area (Å²) >= 11 is 0. The molecule has 2 N–H and O–H groups in total. The van der Waals surface area contributed by atoms with Gasteiger partial charge in [-0.1, -0.05) is 18.2 Å². The van der Waals surface area contributed by atoms with Gasteiger partial charge in [-0.15, -0.1) is 0 Å². The molecule has 1 atom stereocenters. The van der Waals surface area contributed by atoms with Crippen LogP contribution in [0.3, 0.4) is 0 Å². The fourth-order valence-corrected chi connectivity index (χ4v) is 5.41. The first-order valence-electron chi connectivity index (χ1n) is 13.5. The van der Waals surface area contributed by atoms with Crippen LogP contribution in [0.1, 0.15) is 22.4 Å². The maximum atomic E-state index is 13.5. The number of ether oxygens (including phenoxy) is 1. The maximum absolute atomic E-state index is 13.5. The predicted molar refractivity (Wildman–Crippen MR) is 155 cm³/mol. The highest BCUT2D eigenvalue weighted by Gasteiger charge is 2.30. The lowest BCUT2D eigenvalue weighted by atomic mass is 9.99. The largest absolute Gasteiger partial charge is 0.443 e. The third-order valence-electron chi connectivity index (χ3n) is 7.65. The van der Waals surface area contributed by atoms with E-state index in [9.17, 15) is 4.79 Å². The number of methoxy groups -OCH3 is 1. The molecule has 1 saturated heterocycles. The van der Waals surface area contributed by atoms with E-state index in [1.54, 1.807) is 7.11 Å². The molecular formula is C30H33N7O3. The Bertz CT molecular complexity index is 1570. The minimum absolute atomic E-state index is 0.0398. The van der Waals surface area contributed by atoms with E-state index in [-0.39, 0.29) is 11.9 Å². The quantitative estimate of drug-likeness (QED) is 0.345. The molecule has 10 nitrogen and oxygen atoms in total. The number of nitrogens with one attached hydrogen (secondary N) is 2. The van der Waals surface area contributed by atoms with Gasteiger partial charge in [0.2, 0.25) is 11.9 Å². The predicted octanol–water partition coefficient (Wildman–Crippen LogP) is 3.86. The van der Waals surface area contributed by atoms with E-state index >= 15 is 0 Å². The summed E-state index contributed by atoms with van der Waals surface area (Å²) in [6, 6.07) is 11.4. The SMILES string of the molecule is COC[C@H](C(=O)Nc1cccc2c1CC=C2c1nc(Nc2ccc3ocnc3c2)ncc1C)N1CCN(C)CC1. The van der Waals surface area contributed by atoms with Crippen LogP contribution in [0.15, 0.2) is 59.5 Å². The average Bonchev–Trinajstić information content (AvgIpc) is 3.61. The van der Waals surface area contributed by atoms with Gasteiger partial charge >= 0.3 is 0 Å². The molecule has 0 saturated carbocycles. The molecule has 1 aliphatic carbocycles. The number of fused-ring (bicyclic) bond motifs is 2. The molecule has 1 fully saturated rings.